The SMILES string of the molecule is Cc1ccccc1N/N=C1\CCCCC1=O. The van der Waals surface area contributed by atoms with Crippen LogP contribution in [0.25, 0.3) is 0 Å². The number of aryl methyl sites for hydroxylation is 1. The van der Waals surface area contributed by atoms with Crippen molar-refractivity contribution in [3.8, 4) is 0 Å². The Hall–Kier alpha value is -1.64. The Morgan fingerprint density at radius 3 is 2.69 bits per heavy atom. The quantitative estimate of drug-likeness (QED) is 0.772. The van der Waals surface area contributed by atoms with Gasteiger partial charge in [0.25, 0.3) is 0 Å². The van der Waals surface area contributed by atoms with Crippen LogP contribution >= 0.6 is 0 Å². The summed E-state index contributed by atoms with van der Waals surface area (Å²) in [7, 11) is 0. The van der Waals surface area contributed by atoms with E-state index in [1.165, 1.54) is 0 Å². The first-order chi connectivity index (χ1) is 7.77. The second kappa shape index (κ2) is 4.92. The van der Waals surface area contributed by atoms with Crippen molar-refractivity contribution in [1.82, 2.24) is 0 Å². The van der Waals surface area contributed by atoms with E-state index in [1.54, 1.807) is 0 Å². The second-order valence-corrected chi connectivity index (χ2v) is 4.12. The Labute approximate surface area is 95.6 Å². The molecule has 1 saturated carbocycles. The molecule has 1 aliphatic rings. The number of Topliss-reactive ketones (excluding diaryl/α,β-unsaturated/α-hetero) is 1. The predicted molar refractivity (Wildman–Crippen MR) is 65.7 cm³/mol. The summed E-state index contributed by atoms with van der Waals surface area (Å²) in [4.78, 5) is 11.5. The number of nitrogens with one attached hydrogen (secondary N) is 1. The summed E-state index contributed by atoms with van der Waals surface area (Å²) in [5.74, 6) is 0.187. The molecule has 0 unspecified atom stereocenters. The summed E-state index contributed by atoms with van der Waals surface area (Å²) in [5, 5.41) is 4.21. The number of hydrogen-bond acceptors (Lipinski definition) is 3. The minimum absolute atomic E-state index is 0.187. The molecule has 1 N–H and O–H groups in total. The van der Waals surface area contributed by atoms with Crippen molar-refractivity contribution < 1.29 is 4.79 Å². The smallest absolute Gasteiger partial charge is 0.178 e. The lowest BCUT2D eigenvalue weighted by molar-refractivity contribution is -0.113. The molecule has 84 valence electrons. The molecule has 3 nitrogen and oxygen atoms in total. The number of hydrogen-bond donors (Lipinski definition) is 1. The topological polar surface area (TPSA) is 41.5 Å². The van der Waals surface area contributed by atoms with Crippen LogP contribution in [0.5, 0.6) is 0 Å². The third-order valence-corrected chi connectivity index (χ3v) is 2.85. The van der Waals surface area contributed by atoms with Crippen LogP contribution in [0.15, 0.2) is 29.4 Å². The van der Waals surface area contributed by atoms with Crippen LogP contribution in [-0.4, -0.2) is 11.5 Å². The summed E-state index contributed by atoms with van der Waals surface area (Å²) in [5.41, 5.74) is 5.77. The van der Waals surface area contributed by atoms with Gasteiger partial charge >= 0.3 is 0 Å². The Morgan fingerprint density at radius 1 is 1.19 bits per heavy atom. The molecule has 16 heavy (non-hydrogen) atoms. The number of ketones is 1. The molecule has 0 aliphatic heterocycles. The summed E-state index contributed by atoms with van der Waals surface area (Å²) in [6, 6.07) is 7.93. The number of hydrazone groups is 1. The van der Waals surface area contributed by atoms with Gasteiger partial charge in [0.2, 0.25) is 0 Å². The van der Waals surface area contributed by atoms with E-state index < -0.39 is 0 Å². The summed E-state index contributed by atoms with van der Waals surface area (Å²) in [6.07, 6.45) is 3.52. The molecule has 0 saturated heterocycles. The fourth-order valence-electron chi connectivity index (χ4n) is 1.81. The molecule has 1 aromatic carbocycles. The van der Waals surface area contributed by atoms with E-state index in [2.05, 4.69) is 10.5 Å². The average Bonchev–Trinajstić information content (AvgIpc) is 2.30. The number of para-hydroxylation sites is 1. The van der Waals surface area contributed by atoms with Crippen molar-refractivity contribution in [2.45, 2.75) is 32.6 Å². The van der Waals surface area contributed by atoms with Gasteiger partial charge in [-0.05, 0) is 37.8 Å². The molecule has 1 aliphatic carbocycles. The van der Waals surface area contributed by atoms with Gasteiger partial charge < -0.3 is 0 Å². The van der Waals surface area contributed by atoms with E-state index in [4.69, 9.17) is 0 Å². The van der Waals surface area contributed by atoms with E-state index in [9.17, 15) is 4.79 Å². The number of carbonyl (C=O) groups excluding carboxylic acids is 1. The standard InChI is InChI=1S/C13H16N2O/c1-10-6-2-3-7-11(10)14-15-12-8-4-5-9-13(12)16/h2-3,6-7,14H,4-5,8-9H2,1H3/b15-12+. The first kappa shape index (κ1) is 10.9. The summed E-state index contributed by atoms with van der Waals surface area (Å²) >= 11 is 0. The molecule has 0 heterocycles. The average molecular weight is 216 g/mol. The first-order valence-corrected chi connectivity index (χ1v) is 5.69. The zero-order valence-corrected chi connectivity index (χ0v) is 9.49. The predicted octanol–water partition coefficient (Wildman–Crippen LogP) is 2.91. The van der Waals surface area contributed by atoms with Crippen LogP contribution in [-0.2, 0) is 4.79 Å². The molecule has 0 bridgehead atoms. The molecular weight excluding hydrogens is 200 g/mol. The van der Waals surface area contributed by atoms with E-state index >= 15 is 0 Å². The minimum Gasteiger partial charge on any atom is -0.293 e. The molecule has 3 heteroatoms. The summed E-state index contributed by atoms with van der Waals surface area (Å²) in [6.45, 7) is 2.02. The van der Waals surface area contributed by atoms with E-state index in [0.717, 1.165) is 30.5 Å². The number of benzene rings is 1. The Morgan fingerprint density at radius 2 is 1.94 bits per heavy atom. The lowest BCUT2D eigenvalue weighted by atomic mass is 9.97. The lowest BCUT2D eigenvalue weighted by Gasteiger charge is -2.12. The Balaban J connectivity index is 2.08. The van der Waals surface area contributed by atoms with Crippen molar-refractivity contribution in [2.75, 3.05) is 5.43 Å². The molecule has 1 fully saturated rings. The highest BCUT2D eigenvalue weighted by atomic mass is 16.1. The van der Waals surface area contributed by atoms with Gasteiger partial charge in [0, 0.05) is 6.42 Å². The normalized spacial score (nSPS) is 18.8. The molecule has 0 spiro atoms. The van der Waals surface area contributed by atoms with Crippen molar-refractivity contribution in [3.63, 3.8) is 0 Å². The van der Waals surface area contributed by atoms with Crippen LogP contribution in [0.4, 0.5) is 5.69 Å². The van der Waals surface area contributed by atoms with Gasteiger partial charge in [-0.1, -0.05) is 18.2 Å². The zero-order chi connectivity index (χ0) is 11.4. The highest BCUT2D eigenvalue weighted by molar-refractivity contribution is 6.40. The Kier molecular flexibility index (Phi) is 3.34. The first-order valence-electron chi connectivity index (χ1n) is 5.69. The van der Waals surface area contributed by atoms with Crippen LogP contribution in [0.3, 0.4) is 0 Å². The maximum atomic E-state index is 11.5. The van der Waals surface area contributed by atoms with E-state index in [-0.39, 0.29) is 5.78 Å². The van der Waals surface area contributed by atoms with E-state index in [0.29, 0.717) is 12.1 Å². The number of nitrogens with zero attached hydrogens (tertiary/aromatic N) is 1. The van der Waals surface area contributed by atoms with Gasteiger partial charge in [-0.25, -0.2) is 0 Å². The van der Waals surface area contributed by atoms with Crippen LogP contribution in [0.1, 0.15) is 31.2 Å². The summed E-state index contributed by atoms with van der Waals surface area (Å²) < 4.78 is 0. The van der Waals surface area contributed by atoms with Crippen LogP contribution < -0.4 is 5.43 Å². The van der Waals surface area contributed by atoms with E-state index in [1.807, 2.05) is 31.2 Å². The maximum Gasteiger partial charge on any atom is 0.178 e. The number of rotatable bonds is 2. The Bertz CT molecular complexity index is 424. The van der Waals surface area contributed by atoms with Gasteiger partial charge in [0.15, 0.2) is 5.78 Å². The number of carbonyl (C=O) groups is 1. The van der Waals surface area contributed by atoms with Crippen molar-refractivity contribution in [1.29, 1.82) is 0 Å². The molecule has 0 aromatic heterocycles. The largest absolute Gasteiger partial charge is 0.293 e. The second-order valence-electron chi connectivity index (χ2n) is 4.12. The van der Waals surface area contributed by atoms with Crippen LogP contribution in [0, 0.1) is 6.92 Å². The molecular formula is C13H16N2O. The fraction of sp³-hybridized carbons (Fsp3) is 0.385. The van der Waals surface area contributed by atoms with Crippen molar-refractivity contribution in [3.05, 3.63) is 29.8 Å². The molecule has 2 rings (SSSR count). The lowest BCUT2D eigenvalue weighted by Crippen LogP contribution is -2.19. The minimum atomic E-state index is 0.187. The van der Waals surface area contributed by atoms with Crippen LogP contribution in [0.2, 0.25) is 0 Å². The highest BCUT2D eigenvalue weighted by Crippen LogP contribution is 2.15. The molecule has 0 amide bonds. The van der Waals surface area contributed by atoms with Gasteiger partial charge in [-0.2, -0.15) is 5.10 Å². The van der Waals surface area contributed by atoms with Gasteiger partial charge in [-0.3, -0.25) is 10.2 Å². The van der Waals surface area contributed by atoms with Gasteiger partial charge in [0.1, 0.15) is 5.71 Å². The molecule has 0 atom stereocenters. The molecule has 0 radical (unpaired) electrons. The third-order valence-electron chi connectivity index (χ3n) is 2.85. The van der Waals surface area contributed by atoms with Crippen molar-refractivity contribution >= 4 is 17.2 Å². The third kappa shape index (κ3) is 2.48. The number of anilines is 1. The maximum absolute atomic E-state index is 11.5. The van der Waals surface area contributed by atoms with Crippen molar-refractivity contribution in [2.24, 2.45) is 5.10 Å². The highest BCUT2D eigenvalue weighted by Gasteiger charge is 2.16. The zero-order valence-electron chi connectivity index (χ0n) is 9.49. The molecule has 1 aromatic rings. The fourth-order valence-corrected chi connectivity index (χ4v) is 1.81. The van der Waals surface area contributed by atoms with Gasteiger partial charge in [-0.15, -0.1) is 0 Å². The monoisotopic (exact) mass is 216 g/mol. The van der Waals surface area contributed by atoms with Gasteiger partial charge in [0.05, 0.1) is 5.69 Å².